The molecular formula is C14H21F2N3O2. The van der Waals surface area contributed by atoms with Crippen LogP contribution in [0.15, 0.2) is 6.20 Å². The number of carbonyl (C=O) groups is 1. The topological polar surface area (TPSA) is 69.2 Å². The summed E-state index contributed by atoms with van der Waals surface area (Å²) < 4.78 is 27.4. The van der Waals surface area contributed by atoms with Gasteiger partial charge in [-0.1, -0.05) is 20.8 Å². The molecule has 21 heavy (non-hydrogen) atoms. The van der Waals surface area contributed by atoms with Gasteiger partial charge in [0.2, 0.25) is 0 Å². The monoisotopic (exact) mass is 301 g/mol. The molecule has 0 aromatic carbocycles. The number of nitrogens with one attached hydrogen (secondary N) is 1. The maximum atomic E-state index is 13.7. The minimum atomic E-state index is -2.97. The molecule has 0 aliphatic carbocycles. The molecule has 5 nitrogen and oxygen atoms in total. The molecule has 0 spiro atoms. The Labute approximate surface area is 122 Å². The van der Waals surface area contributed by atoms with Crippen molar-refractivity contribution in [3.8, 4) is 0 Å². The first-order valence-electron chi connectivity index (χ1n) is 6.94. The average Bonchev–Trinajstić information content (AvgIpc) is 2.74. The van der Waals surface area contributed by atoms with Crippen LogP contribution in [0.3, 0.4) is 0 Å². The van der Waals surface area contributed by atoms with E-state index in [0.29, 0.717) is 0 Å². The lowest BCUT2D eigenvalue weighted by atomic mass is 9.89. The minimum absolute atomic E-state index is 0.139. The molecule has 7 heteroatoms. The number of aromatic nitrogens is 2. The van der Waals surface area contributed by atoms with E-state index in [2.05, 4.69) is 10.2 Å². The third kappa shape index (κ3) is 3.78. The number of aliphatic carboxylic acids is 1. The molecule has 1 aliphatic heterocycles. The third-order valence-electron chi connectivity index (χ3n) is 3.69. The number of carboxylic acid groups (broad SMARTS) is 1. The predicted octanol–water partition coefficient (Wildman–Crippen LogP) is 2.25. The summed E-state index contributed by atoms with van der Waals surface area (Å²) in [6, 6.07) is 0. The van der Waals surface area contributed by atoms with E-state index in [4.69, 9.17) is 5.11 Å². The van der Waals surface area contributed by atoms with Crippen LogP contribution in [0.4, 0.5) is 8.78 Å². The van der Waals surface area contributed by atoms with Crippen molar-refractivity contribution in [3.63, 3.8) is 0 Å². The van der Waals surface area contributed by atoms with Crippen LogP contribution in [-0.4, -0.2) is 45.2 Å². The molecule has 1 aliphatic rings. The van der Waals surface area contributed by atoms with Crippen LogP contribution in [0.25, 0.3) is 0 Å². The van der Waals surface area contributed by atoms with Gasteiger partial charge in [-0.3, -0.25) is 14.8 Å². The maximum Gasteiger partial charge on any atom is 0.308 e. The van der Waals surface area contributed by atoms with E-state index < -0.39 is 30.8 Å². The fourth-order valence-corrected chi connectivity index (χ4v) is 2.80. The van der Waals surface area contributed by atoms with Crippen LogP contribution in [0.1, 0.15) is 38.4 Å². The summed E-state index contributed by atoms with van der Waals surface area (Å²) in [7, 11) is 0. The van der Waals surface area contributed by atoms with Crippen molar-refractivity contribution < 1.29 is 18.7 Å². The first-order chi connectivity index (χ1) is 9.58. The molecule has 1 saturated heterocycles. The summed E-state index contributed by atoms with van der Waals surface area (Å²) in [4.78, 5) is 12.5. The number of aromatic amines is 1. The van der Waals surface area contributed by atoms with E-state index in [-0.39, 0.29) is 18.5 Å². The molecule has 0 bridgehead atoms. The van der Waals surface area contributed by atoms with Gasteiger partial charge in [-0.2, -0.15) is 5.10 Å². The molecule has 0 radical (unpaired) electrons. The van der Waals surface area contributed by atoms with Gasteiger partial charge in [0.25, 0.3) is 5.92 Å². The number of hydrogen-bond acceptors (Lipinski definition) is 3. The van der Waals surface area contributed by atoms with Crippen molar-refractivity contribution in [1.29, 1.82) is 0 Å². The number of rotatable bonds is 3. The lowest BCUT2D eigenvalue weighted by Gasteiger charge is -2.36. The molecular weight excluding hydrogens is 280 g/mol. The highest BCUT2D eigenvalue weighted by Gasteiger charge is 2.43. The first-order valence-corrected chi connectivity index (χ1v) is 6.94. The van der Waals surface area contributed by atoms with Crippen LogP contribution < -0.4 is 0 Å². The van der Waals surface area contributed by atoms with E-state index >= 15 is 0 Å². The third-order valence-corrected chi connectivity index (χ3v) is 3.69. The van der Waals surface area contributed by atoms with Crippen molar-refractivity contribution in [1.82, 2.24) is 15.1 Å². The van der Waals surface area contributed by atoms with Gasteiger partial charge in [0, 0.05) is 36.2 Å². The van der Waals surface area contributed by atoms with Crippen molar-refractivity contribution in [2.45, 2.75) is 45.1 Å². The van der Waals surface area contributed by atoms with E-state index in [1.165, 1.54) is 4.90 Å². The van der Waals surface area contributed by atoms with Gasteiger partial charge in [-0.15, -0.1) is 0 Å². The van der Waals surface area contributed by atoms with Gasteiger partial charge < -0.3 is 5.11 Å². The number of hydrogen-bond donors (Lipinski definition) is 2. The van der Waals surface area contributed by atoms with Crippen molar-refractivity contribution in [2.24, 2.45) is 5.92 Å². The van der Waals surface area contributed by atoms with Gasteiger partial charge in [0.15, 0.2) is 0 Å². The highest BCUT2D eigenvalue weighted by Crippen LogP contribution is 2.32. The van der Waals surface area contributed by atoms with E-state index in [1.54, 1.807) is 6.20 Å². The van der Waals surface area contributed by atoms with Gasteiger partial charge in [-0.05, 0) is 0 Å². The molecule has 2 N–H and O–H groups in total. The average molecular weight is 301 g/mol. The summed E-state index contributed by atoms with van der Waals surface area (Å²) in [5.74, 6) is -5.16. The molecule has 1 fully saturated rings. The zero-order valence-corrected chi connectivity index (χ0v) is 12.5. The quantitative estimate of drug-likeness (QED) is 0.898. The molecule has 1 aromatic rings. The Hall–Kier alpha value is -1.50. The van der Waals surface area contributed by atoms with Crippen LogP contribution in [0.2, 0.25) is 0 Å². The Morgan fingerprint density at radius 3 is 2.81 bits per heavy atom. The zero-order valence-electron chi connectivity index (χ0n) is 12.5. The van der Waals surface area contributed by atoms with Gasteiger partial charge in [0.1, 0.15) is 0 Å². The molecule has 1 aromatic heterocycles. The number of piperidine rings is 1. The summed E-state index contributed by atoms with van der Waals surface area (Å²) >= 11 is 0. The molecule has 0 amide bonds. The largest absolute Gasteiger partial charge is 0.481 e. The fraction of sp³-hybridized carbons (Fsp3) is 0.714. The summed E-state index contributed by atoms with van der Waals surface area (Å²) in [5.41, 5.74) is 1.56. The summed E-state index contributed by atoms with van der Waals surface area (Å²) in [5, 5.41) is 15.9. The van der Waals surface area contributed by atoms with E-state index in [1.807, 2.05) is 20.8 Å². The Morgan fingerprint density at radius 2 is 2.24 bits per heavy atom. The molecule has 2 heterocycles. The lowest BCUT2D eigenvalue weighted by Crippen LogP contribution is -2.48. The van der Waals surface area contributed by atoms with Crippen LogP contribution in [-0.2, 0) is 16.8 Å². The normalized spacial score (nSPS) is 23.2. The van der Waals surface area contributed by atoms with Crippen LogP contribution >= 0.6 is 0 Å². The Bertz CT molecular complexity index is 523. The van der Waals surface area contributed by atoms with Crippen LogP contribution in [0, 0.1) is 5.92 Å². The summed E-state index contributed by atoms with van der Waals surface area (Å²) in [6.07, 6.45) is 1.04. The lowest BCUT2D eigenvalue weighted by molar-refractivity contribution is -0.153. The van der Waals surface area contributed by atoms with Gasteiger partial charge >= 0.3 is 5.97 Å². The van der Waals surface area contributed by atoms with Crippen molar-refractivity contribution in [3.05, 3.63) is 17.5 Å². The zero-order chi connectivity index (χ0) is 15.8. The summed E-state index contributed by atoms with van der Waals surface area (Å²) in [6.45, 7) is 6.03. The van der Waals surface area contributed by atoms with Gasteiger partial charge in [-0.25, -0.2) is 8.78 Å². The number of H-pyrrole nitrogens is 1. The van der Waals surface area contributed by atoms with E-state index in [9.17, 15) is 13.6 Å². The molecule has 118 valence electrons. The van der Waals surface area contributed by atoms with Gasteiger partial charge in [0.05, 0.1) is 18.7 Å². The second-order valence-electron chi connectivity index (χ2n) is 6.79. The standard InChI is InChI=1S/C14H21F2N3O2/c1-13(2,3)11-10(5-17-18-11)7-19-6-9(12(20)21)4-14(15,16)8-19/h5,9H,4,6-8H2,1-3H3,(H,17,18)(H,20,21). The van der Waals surface area contributed by atoms with Crippen molar-refractivity contribution >= 4 is 5.97 Å². The van der Waals surface area contributed by atoms with E-state index in [0.717, 1.165) is 11.3 Å². The Morgan fingerprint density at radius 1 is 1.57 bits per heavy atom. The van der Waals surface area contributed by atoms with Crippen LogP contribution in [0.5, 0.6) is 0 Å². The predicted molar refractivity (Wildman–Crippen MR) is 73.3 cm³/mol. The molecule has 1 atom stereocenters. The molecule has 1 unspecified atom stereocenters. The maximum absolute atomic E-state index is 13.7. The number of likely N-dealkylation sites (tertiary alicyclic amines) is 1. The SMILES string of the molecule is CC(C)(C)c1[nH]ncc1CN1CC(C(=O)O)CC(F)(F)C1. The number of carboxylic acids is 1. The first kappa shape index (κ1) is 15.9. The number of halogens is 2. The second kappa shape index (κ2) is 5.36. The highest BCUT2D eigenvalue weighted by atomic mass is 19.3. The van der Waals surface area contributed by atoms with Crippen molar-refractivity contribution in [2.75, 3.05) is 13.1 Å². The Kier molecular flexibility index (Phi) is 4.06. The second-order valence-corrected chi connectivity index (χ2v) is 6.79. The highest BCUT2D eigenvalue weighted by molar-refractivity contribution is 5.70. The fourth-order valence-electron chi connectivity index (χ4n) is 2.80. The minimum Gasteiger partial charge on any atom is -0.481 e. The number of alkyl halides is 2. The molecule has 0 saturated carbocycles. The Balaban J connectivity index is 2.16. The smallest absolute Gasteiger partial charge is 0.308 e. The molecule has 2 rings (SSSR count). The number of nitrogens with zero attached hydrogens (tertiary/aromatic N) is 2.